The van der Waals surface area contributed by atoms with Gasteiger partial charge < -0.3 is 48.8 Å². The van der Waals surface area contributed by atoms with E-state index in [-0.39, 0.29) is 44.5 Å². The lowest BCUT2D eigenvalue weighted by Gasteiger charge is -2.41. The predicted molar refractivity (Wildman–Crippen MR) is 139 cm³/mol. The van der Waals surface area contributed by atoms with Gasteiger partial charge in [0.1, 0.15) is 18.0 Å². The first kappa shape index (κ1) is 31.7. The van der Waals surface area contributed by atoms with Gasteiger partial charge in [-0.15, -0.1) is 0 Å². The highest BCUT2D eigenvalue weighted by Crippen LogP contribution is 2.35. The average molecular weight is 557 g/mol. The number of para-hydroxylation sites is 1. The Balaban J connectivity index is 1.42. The van der Waals surface area contributed by atoms with Crippen molar-refractivity contribution in [2.75, 3.05) is 26.4 Å². The van der Waals surface area contributed by atoms with Crippen LogP contribution in [0.5, 0.6) is 5.75 Å². The van der Waals surface area contributed by atoms with E-state index in [2.05, 4.69) is 0 Å². The third-order valence-corrected chi connectivity index (χ3v) is 6.86. The zero-order chi connectivity index (χ0) is 28.5. The molecular weight excluding hydrogens is 512 g/mol. The van der Waals surface area contributed by atoms with Gasteiger partial charge in [0, 0.05) is 25.7 Å². The number of ether oxygens (including phenoxy) is 6. The molecule has 0 amide bonds. The number of aliphatic hydroxyl groups excluding tert-OH is 4. The Morgan fingerprint density at radius 1 is 0.949 bits per heavy atom. The largest absolute Gasteiger partial charge is 0.513 e. The summed E-state index contributed by atoms with van der Waals surface area (Å²) in [5, 5.41) is 39.8. The molecule has 4 N–H and O–H groups in total. The molecule has 2 heterocycles. The van der Waals surface area contributed by atoms with Gasteiger partial charge in [0.25, 0.3) is 0 Å². The van der Waals surface area contributed by atoms with Crippen molar-refractivity contribution in [2.45, 2.75) is 108 Å². The SMILES string of the molecule is CC(C)c1cccc(C(C)C)c1OC(=O)OCCCOC1CC(O)[C@H](O[C@@H]2CC(O)CC(CO)O2)[C@@H](CO)O1. The van der Waals surface area contributed by atoms with Gasteiger partial charge in [-0.1, -0.05) is 45.9 Å². The van der Waals surface area contributed by atoms with E-state index in [0.717, 1.165) is 11.1 Å². The van der Waals surface area contributed by atoms with E-state index in [0.29, 0.717) is 18.6 Å². The van der Waals surface area contributed by atoms with Crippen LogP contribution in [-0.2, 0) is 23.7 Å². The summed E-state index contributed by atoms with van der Waals surface area (Å²) < 4.78 is 33.7. The van der Waals surface area contributed by atoms with Crippen molar-refractivity contribution in [1.82, 2.24) is 0 Å². The second kappa shape index (κ2) is 15.2. The molecule has 0 radical (unpaired) electrons. The van der Waals surface area contributed by atoms with Crippen LogP contribution < -0.4 is 4.74 Å². The number of benzene rings is 1. The Kier molecular flexibility index (Phi) is 12.4. The van der Waals surface area contributed by atoms with Gasteiger partial charge in [-0.2, -0.15) is 0 Å². The second-order valence-electron chi connectivity index (χ2n) is 10.7. The zero-order valence-electron chi connectivity index (χ0n) is 23.2. The van der Waals surface area contributed by atoms with E-state index in [1.165, 1.54) is 0 Å². The molecule has 0 aliphatic carbocycles. The molecule has 222 valence electrons. The van der Waals surface area contributed by atoms with Crippen LogP contribution in [0, 0.1) is 0 Å². The van der Waals surface area contributed by atoms with Crippen molar-refractivity contribution in [2.24, 2.45) is 0 Å². The van der Waals surface area contributed by atoms with Gasteiger partial charge in [0.2, 0.25) is 0 Å². The molecule has 11 nitrogen and oxygen atoms in total. The molecule has 2 aliphatic heterocycles. The summed E-state index contributed by atoms with van der Waals surface area (Å²) in [5.74, 6) is 0.899. The monoisotopic (exact) mass is 556 g/mol. The highest BCUT2D eigenvalue weighted by atomic mass is 16.7. The Hall–Kier alpha value is -1.83. The van der Waals surface area contributed by atoms with Crippen molar-refractivity contribution < 1.29 is 53.6 Å². The Labute approximate surface area is 229 Å². The maximum atomic E-state index is 12.4. The molecule has 2 fully saturated rings. The fourth-order valence-corrected chi connectivity index (χ4v) is 4.81. The first-order valence-electron chi connectivity index (χ1n) is 13.8. The maximum Gasteiger partial charge on any atom is 0.513 e. The summed E-state index contributed by atoms with van der Waals surface area (Å²) in [6.45, 7) is 7.72. The zero-order valence-corrected chi connectivity index (χ0v) is 23.2. The third kappa shape index (κ3) is 9.09. The summed E-state index contributed by atoms with van der Waals surface area (Å²) in [7, 11) is 0. The molecular formula is C28H44O11. The molecule has 1 aromatic carbocycles. The van der Waals surface area contributed by atoms with Crippen LogP contribution in [0.4, 0.5) is 4.79 Å². The van der Waals surface area contributed by atoms with Gasteiger partial charge in [-0.05, 0) is 23.0 Å². The number of carbonyl (C=O) groups is 1. The van der Waals surface area contributed by atoms with Gasteiger partial charge in [-0.25, -0.2) is 4.79 Å². The number of hydrogen-bond donors (Lipinski definition) is 4. The van der Waals surface area contributed by atoms with Crippen LogP contribution in [-0.4, -0.2) is 96.1 Å². The standard InChI is InChI=1S/C28H44O11/c1-16(2)20-7-5-8-21(17(3)4)26(20)39-28(33)35-10-6-9-34-24-13-22(32)27(23(15-30)37-24)38-25-12-18(31)11-19(14-29)36-25/h5,7-8,16-19,22-25,27,29-32H,6,9-15H2,1-4H3/t18?,19?,22?,23-,24?,25-,27+/m1/s1. The summed E-state index contributed by atoms with van der Waals surface area (Å²) in [4.78, 5) is 12.4. The van der Waals surface area contributed by atoms with E-state index in [1.807, 2.05) is 45.9 Å². The lowest BCUT2D eigenvalue weighted by molar-refractivity contribution is -0.310. The fourth-order valence-electron chi connectivity index (χ4n) is 4.81. The van der Waals surface area contributed by atoms with E-state index in [9.17, 15) is 25.2 Å². The highest BCUT2D eigenvalue weighted by molar-refractivity contribution is 5.66. The fraction of sp³-hybridized carbons (Fsp3) is 0.750. The molecule has 2 saturated heterocycles. The van der Waals surface area contributed by atoms with Crippen molar-refractivity contribution in [1.29, 1.82) is 0 Å². The Bertz CT molecular complexity index is 866. The van der Waals surface area contributed by atoms with E-state index in [4.69, 9.17) is 28.4 Å². The number of hydrogen-bond acceptors (Lipinski definition) is 11. The van der Waals surface area contributed by atoms with Gasteiger partial charge in [0.05, 0.1) is 44.7 Å². The first-order chi connectivity index (χ1) is 18.6. The molecule has 7 atom stereocenters. The summed E-state index contributed by atoms with van der Waals surface area (Å²) in [5.41, 5.74) is 1.88. The first-order valence-corrected chi connectivity index (χ1v) is 13.8. The molecule has 3 rings (SSSR count). The molecule has 11 heteroatoms. The van der Waals surface area contributed by atoms with Gasteiger partial charge in [0.15, 0.2) is 12.6 Å². The minimum absolute atomic E-state index is 0.0670. The maximum absolute atomic E-state index is 12.4. The predicted octanol–water partition coefficient (Wildman–Crippen LogP) is 2.57. The van der Waals surface area contributed by atoms with Crippen LogP contribution in [0.1, 0.15) is 76.3 Å². The van der Waals surface area contributed by atoms with Crippen molar-refractivity contribution in [3.05, 3.63) is 29.3 Å². The van der Waals surface area contributed by atoms with Crippen LogP contribution in [0.3, 0.4) is 0 Å². The lowest BCUT2D eigenvalue weighted by atomic mass is 9.94. The second-order valence-corrected chi connectivity index (χ2v) is 10.7. The Morgan fingerprint density at radius 3 is 2.26 bits per heavy atom. The van der Waals surface area contributed by atoms with Crippen molar-refractivity contribution >= 4 is 6.16 Å². The molecule has 39 heavy (non-hydrogen) atoms. The van der Waals surface area contributed by atoms with E-state index in [1.54, 1.807) is 0 Å². The van der Waals surface area contributed by atoms with Crippen molar-refractivity contribution in [3.63, 3.8) is 0 Å². The number of rotatable bonds is 12. The summed E-state index contributed by atoms with van der Waals surface area (Å²) in [6.07, 6.45) is -5.54. The van der Waals surface area contributed by atoms with Crippen LogP contribution >= 0.6 is 0 Å². The molecule has 0 saturated carbocycles. The summed E-state index contributed by atoms with van der Waals surface area (Å²) >= 11 is 0. The molecule has 0 spiro atoms. The van der Waals surface area contributed by atoms with E-state index < -0.39 is 55.9 Å². The van der Waals surface area contributed by atoms with Gasteiger partial charge >= 0.3 is 6.16 Å². The minimum atomic E-state index is -1.02. The molecule has 1 aromatic rings. The Morgan fingerprint density at radius 2 is 1.64 bits per heavy atom. The summed E-state index contributed by atoms with van der Waals surface area (Å²) in [6, 6.07) is 5.84. The average Bonchev–Trinajstić information content (AvgIpc) is 2.89. The van der Waals surface area contributed by atoms with Crippen molar-refractivity contribution in [3.8, 4) is 5.75 Å². The minimum Gasteiger partial charge on any atom is -0.434 e. The highest BCUT2D eigenvalue weighted by Gasteiger charge is 2.42. The topological polar surface area (TPSA) is 153 Å². The number of carbonyl (C=O) groups excluding carboxylic acids is 1. The smallest absolute Gasteiger partial charge is 0.434 e. The van der Waals surface area contributed by atoms with Crippen LogP contribution in [0.15, 0.2) is 18.2 Å². The number of aliphatic hydroxyl groups is 4. The van der Waals surface area contributed by atoms with Gasteiger partial charge in [-0.3, -0.25) is 0 Å². The third-order valence-electron chi connectivity index (χ3n) is 6.86. The molecule has 4 unspecified atom stereocenters. The lowest BCUT2D eigenvalue weighted by Crippen LogP contribution is -2.54. The molecule has 0 bridgehead atoms. The quantitative estimate of drug-likeness (QED) is 0.171. The van der Waals surface area contributed by atoms with Crippen LogP contribution in [0.2, 0.25) is 0 Å². The van der Waals surface area contributed by atoms with Crippen LogP contribution in [0.25, 0.3) is 0 Å². The normalized spacial score (nSPS) is 29.5. The van der Waals surface area contributed by atoms with E-state index >= 15 is 0 Å². The molecule has 2 aliphatic rings. The molecule has 0 aromatic heterocycles.